The van der Waals surface area contributed by atoms with Crippen LogP contribution in [0.3, 0.4) is 0 Å². The van der Waals surface area contributed by atoms with Crippen LogP contribution in [0.25, 0.3) is 0 Å². The minimum Gasteiger partial charge on any atom is -0.395 e. The Balaban J connectivity index is 0.00000170. The van der Waals surface area contributed by atoms with Gasteiger partial charge in [0.2, 0.25) is 0 Å². The lowest BCUT2D eigenvalue weighted by molar-refractivity contribution is 0.243. The van der Waals surface area contributed by atoms with Gasteiger partial charge in [0.1, 0.15) is 0 Å². The molecule has 5 nitrogen and oxygen atoms in total. The molecule has 1 N–H and O–H groups in total. The molecule has 1 aromatic carbocycles. The number of hydrogen-bond acceptors (Lipinski definition) is 5. The lowest BCUT2D eigenvalue weighted by atomic mass is 10.0. The van der Waals surface area contributed by atoms with Crippen molar-refractivity contribution in [3.8, 4) is 0 Å². The first-order chi connectivity index (χ1) is 16.8. The van der Waals surface area contributed by atoms with Gasteiger partial charge in [-0.2, -0.15) is 8.42 Å². The molecule has 0 bridgehead atoms. The molecule has 0 saturated heterocycles. The highest BCUT2D eigenvalue weighted by atomic mass is 32.2. The molecule has 0 aromatic heterocycles. The van der Waals surface area contributed by atoms with Gasteiger partial charge in [0.25, 0.3) is 10.1 Å². The molecule has 35 heavy (non-hydrogen) atoms. The first-order valence-electron chi connectivity index (χ1n) is 14.0. The van der Waals surface area contributed by atoms with Crippen molar-refractivity contribution < 1.29 is 17.7 Å². The van der Waals surface area contributed by atoms with Crippen LogP contribution in [0.15, 0.2) is 29.2 Å². The van der Waals surface area contributed by atoms with Gasteiger partial charge in [-0.3, -0.25) is 4.18 Å². The van der Waals surface area contributed by atoms with Gasteiger partial charge in [-0.1, -0.05) is 121 Å². The largest absolute Gasteiger partial charge is 0.395 e. The number of unbranched alkanes of at least 4 members (excludes halogenated alkanes) is 15. The fourth-order valence-electron chi connectivity index (χ4n) is 3.79. The predicted molar refractivity (Wildman–Crippen MR) is 150 cm³/mol. The van der Waals surface area contributed by atoms with E-state index in [9.17, 15) is 8.42 Å². The SMILES string of the molecule is CCCCCCCCCCCCCCCCCCOS(=O)(=O)c1ccc(C)cc1.CN(C)CCO. The summed E-state index contributed by atoms with van der Waals surface area (Å²) in [7, 11) is 0.256. The first kappa shape index (κ1) is 34.0. The highest BCUT2D eigenvalue weighted by Crippen LogP contribution is 2.16. The minimum atomic E-state index is -3.60. The van der Waals surface area contributed by atoms with Gasteiger partial charge in [0.15, 0.2) is 0 Å². The average molecular weight is 514 g/mol. The summed E-state index contributed by atoms with van der Waals surface area (Å²) < 4.78 is 29.3. The molecule has 206 valence electrons. The third-order valence-electron chi connectivity index (χ3n) is 6.09. The molecular weight excluding hydrogens is 458 g/mol. The normalized spacial score (nSPS) is 11.5. The molecule has 0 aliphatic carbocycles. The number of rotatable bonds is 21. The van der Waals surface area contributed by atoms with Crippen LogP contribution in [-0.2, 0) is 14.3 Å². The maximum atomic E-state index is 12.1. The zero-order valence-electron chi connectivity index (χ0n) is 23.3. The van der Waals surface area contributed by atoms with Crippen molar-refractivity contribution in [1.29, 1.82) is 0 Å². The highest BCUT2D eigenvalue weighted by molar-refractivity contribution is 7.86. The molecule has 0 amide bonds. The molecule has 1 rings (SSSR count). The number of benzene rings is 1. The van der Waals surface area contributed by atoms with Crippen LogP contribution in [0.5, 0.6) is 0 Å². The number of aliphatic hydroxyl groups excluding tert-OH is 1. The van der Waals surface area contributed by atoms with Gasteiger partial charge in [-0.25, -0.2) is 0 Å². The van der Waals surface area contributed by atoms with E-state index in [1.165, 1.54) is 89.9 Å². The number of nitrogens with zero attached hydrogens (tertiary/aromatic N) is 1. The van der Waals surface area contributed by atoms with Gasteiger partial charge >= 0.3 is 0 Å². The van der Waals surface area contributed by atoms with Crippen molar-refractivity contribution in [3.05, 3.63) is 29.8 Å². The molecule has 0 aliphatic rings. The molecule has 0 fully saturated rings. The fraction of sp³-hybridized carbons (Fsp3) is 0.793. The second-order valence-corrected chi connectivity index (χ2v) is 11.5. The third kappa shape index (κ3) is 22.0. The van der Waals surface area contributed by atoms with Crippen molar-refractivity contribution >= 4 is 10.1 Å². The van der Waals surface area contributed by atoms with Crippen LogP contribution in [0, 0.1) is 6.92 Å². The summed E-state index contributed by atoms with van der Waals surface area (Å²) in [6.45, 7) is 5.52. The topological polar surface area (TPSA) is 66.8 Å². The molecule has 0 aliphatic heterocycles. The second kappa shape index (κ2) is 23.4. The molecule has 6 heteroatoms. The predicted octanol–water partition coefficient (Wildman–Crippen LogP) is 7.50. The standard InChI is InChI=1S/C25H44O3S.C4H11NO/c1-3-4-5-6-7-8-9-10-11-12-13-14-15-16-17-18-23-28-29(26,27)25-21-19-24(2)20-22-25;1-5(2)3-4-6/h19-22H,3-18,23H2,1-2H3;6H,3-4H2,1-2H3. The summed E-state index contributed by atoms with van der Waals surface area (Å²) in [5.74, 6) is 0. The van der Waals surface area contributed by atoms with E-state index < -0.39 is 10.1 Å². The Morgan fingerprint density at radius 2 is 1.11 bits per heavy atom. The van der Waals surface area contributed by atoms with Crippen molar-refractivity contribution in [2.24, 2.45) is 0 Å². The van der Waals surface area contributed by atoms with E-state index in [1.54, 1.807) is 24.3 Å². The van der Waals surface area contributed by atoms with E-state index >= 15 is 0 Å². The zero-order chi connectivity index (χ0) is 26.2. The van der Waals surface area contributed by atoms with Gasteiger partial charge < -0.3 is 10.0 Å². The van der Waals surface area contributed by atoms with Crippen LogP contribution in [0.1, 0.15) is 115 Å². The fourth-order valence-corrected chi connectivity index (χ4v) is 4.73. The van der Waals surface area contributed by atoms with E-state index in [2.05, 4.69) is 6.92 Å². The molecule has 0 atom stereocenters. The van der Waals surface area contributed by atoms with Crippen molar-refractivity contribution in [3.63, 3.8) is 0 Å². The van der Waals surface area contributed by atoms with Crippen LogP contribution in [0.2, 0.25) is 0 Å². The molecule has 0 heterocycles. The van der Waals surface area contributed by atoms with Crippen LogP contribution in [0.4, 0.5) is 0 Å². The van der Waals surface area contributed by atoms with E-state index in [0.717, 1.165) is 24.9 Å². The van der Waals surface area contributed by atoms with Gasteiger partial charge in [-0.15, -0.1) is 0 Å². The van der Waals surface area contributed by atoms with Crippen molar-refractivity contribution in [2.45, 2.75) is 121 Å². The third-order valence-corrected chi connectivity index (χ3v) is 7.42. The first-order valence-corrected chi connectivity index (χ1v) is 15.5. The average Bonchev–Trinajstić information content (AvgIpc) is 2.81. The van der Waals surface area contributed by atoms with Crippen LogP contribution >= 0.6 is 0 Å². The van der Waals surface area contributed by atoms with Crippen LogP contribution in [-0.4, -0.2) is 52.3 Å². The summed E-state index contributed by atoms with van der Waals surface area (Å²) >= 11 is 0. The number of hydrogen-bond donors (Lipinski definition) is 1. The molecule has 1 aromatic rings. The van der Waals surface area contributed by atoms with Gasteiger partial charge in [0.05, 0.1) is 18.1 Å². The second-order valence-electron chi connectivity index (χ2n) is 9.92. The monoisotopic (exact) mass is 513 g/mol. The summed E-state index contributed by atoms with van der Waals surface area (Å²) in [5, 5.41) is 8.20. The number of aryl methyl sites for hydroxylation is 1. The molecule has 0 saturated carbocycles. The summed E-state index contributed by atoms with van der Waals surface area (Å²) in [6.07, 6.45) is 20.9. The van der Waals surface area contributed by atoms with Crippen LogP contribution < -0.4 is 0 Å². The molecule has 0 radical (unpaired) electrons. The Morgan fingerprint density at radius 3 is 1.46 bits per heavy atom. The minimum absolute atomic E-state index is 0.250. The molecule has 0 spiro atoms. The molecular formula is C29H55NO4S. The van der Waals surface area contributed by atoms with Gasteiger partial charge in [-0.05, 0) is 39.6 Å². The quantitative estimate of drug-likeness (QED) is 0.136. The Bertz CT molecular complexity index is 674. The lowest BCUT2D eigenvalue weighted by Gasteiger charge is -2.06. The smallest absolute Gasteiger partial charge is 0.296 e. The van der Waals surface area contributed by atoms with Crippen molar-refractivity contribution in [1.82, 2.24) is 4.90 Å². The van der Waals surface area contributed by atoms with E-state index in [0.29, 0.717) is 0 Å². The summed E-state index contributed by atoms with van der Waals surface area (Å²) in [5.41, 5.74) is 1.04. The summed E-state index contributed by atoms with van der Waals surface area (Å²) in [4.78, 5) is 2.18. The maximum Gasteiger partial charge on any atom is 0.296 e. The van der Waals surface area contributed by atoms with Crippen molar-refractivity contribution in [2.75, 3.05) is 33.9 Å². The number of likely N-dealkylation sites (N-methyl/N-ethyl adjacent to an activating group) is 1. The highest BCUT2D eigenvalue weighted by Gasteiger charge is 2.14. The Hall–Kier alpha value is -0.950. The maximum absolute atomic E-state index is 12.1. The Kier molecular flexibility index (Phi) is 22.8. The Morgan fingerprint density at radius 1 is 0.714 bits per heavy atom. The summed E-state index contributed by atoms with van der Waals surface area (Å²) in [6, 6.07) is 6.81. The van der Waals surface area contributed by atoms with E-state index in [1.807, 2.05) is 25.9 Å². The number of aliphatic hydroxyl groups is 1. The van der Waals surface area contributed by atoms with E-state index in [4.69, 9.17) is 9.29 Å². The zero-order valence-corrected chi connectivity index (χ0v) is 24.1. The van der Waals surface area contributed by atoms with Gasteiger partial charge in [0, 0.05) is 6.54 Å². The lowest BCUT2D eigenvalue weighted by Crippen LogP contribution is -2.15. The van der Waals surface area contributed by atoms with E-state index in [-0.39, 0.29) is 18.1 Å². The Labute approximate surface area is 217 Å². The molecule has 0 unspecified atom stereocenters.